The van der Waals surface area contributed by atoms with Crippen molar-refractivity contribution in [1.29, 1.82) is 0 Å². The van der Waals surface area contributed by atoms with Crippen molar-refractivity contribution in [2.75, 3.05) is 32.3 Å². The van der Waals surface area contributed by atoms with Gasteiger partial charge in [0.15, 0.2) is 0 Å². The fourth-order valence-corrected chi connectivity index (χ4v) is 2.53. The first kappa shape index (κ1) is 14.4. The number of hydrogen-bond donors (Lipinski definition) is 1. The van der Waals surface area contributed by atoms with Crippen LogP contribution in [0.5, 0.6) is 0 Å². The number of nitrogens with zero attached hydrogens (tertiary/aromatic N) is 1. The summed E-state index contributed by atoms with van der Waals surface area (Å²) in [6, 6.07) is 8.90. The predicted octanol–water partition coefficient (Wildman–Crippen LogP) is 2.74. The van der Waals surface area contributed by atoms with Crippen molar-refractivity contribution in [2.24, 2.45) is 0 Å². The molecule has 0 saturated heterocycles. The van der Waals surface area contributed by atoms with Crippen LogP contribution in [-0.4, -0.2) is 36.8 Å². The van der Waals surface area contributed by atoms with Gasteiger partial charge in [0.05, 0.1) is 6.61 Å². The van der Waals surface area contributed by atoms with Crippen LogP contribution in [0.25, 0.3) is 10.9 Å². The summed E-state index contributed by atoms with van der Waals surface area (Å²) in [5.74, 6) is 1.16. The molecule has 0 radical (unpaired) electrons. The molecule has 3 nitrogen and oxygen atoms in total. The van der Waals surface area contributed by atoms with Gasteiger partial charge in [0.2, 0.25) is 0 Å². The van der Waals surface area contributed by atoms with E-state index in [2.05, 4.69) is 46.6 Å². The molecule has 104 valence electrons. The molecule has 0 aliphatic heterocycles. The normalized spacial score (nSPS) is 11.3. The number of fused-ring (bicyclic) bond motifs is 1. The maximum absolute atomic E-state index is 5.02. The molecule has 0 amide bonds. The molecule has 1 aromatic heterocycles. The third-order valence-electron chi connectivity index (χ3n) is 3.18. The van der Waals surface area contributed by atoms with E-state index in [1.165, 1.54) is 16.5 Å². The predicted molar refractivity (Wildman–Crippen MR) is 83.9 cm³/mol. The number of benzene rings is 1. The molecule has 4 heteroatoms. The Kier molecular flexibility index (Phi) is 5.76. The molecule has 0 bridgehead atoms. The lowest BCUT2D eigenvalue weighted by Gasteiger charge is -2.06. The zero-order valence-electron chi connectivity index (χ0n) is 11.7. The van der Waals surface area contributed by atoms with E-state index in [1.54, 1.807) is 7.11 Å². The highest BCUT2D eigenvalue weighted by Crippen LogP contribution is 2.18. The first-order valence-corrected chi connectivity index (χ1v) is 8.01. The topological polar surface area (TPSA) is 26.2 Å². The van der Waals surface area contributed by atoms with Gasteiger partial charge in [-0.15, -0.1) is 0 Å². The average molecular weight is 278 g/mol. The lowest BCUT2D eigenvalue weighted by Crippen LogP contribution is -2.18. The van der Waals surface area contributed by atoms with Crippen LogP contribution in [0, 0.1) is 0 Å². The first-order valence-electron chi connectivity index (χ1n) is 6.61. The minimum atomic E-state index is 0.757. The number of thioether (sulfide) groups is 1. The molecule has 2 rings (SSSR count). The van der Waals surface area contributed by atoms with Gasteiger partial charge < -0.3 is 14.6 Å². The molecule has 19 heavy (non-hydrogen) atoms. The van der Waals surface area contributed by atoms with Crippen LogP contribution in [0.4, 0.5) is 0 Å². The fraction of sp³-hybridized carbons (Fsp3) is 0.467. The number of nitrogens with one attached hydrogen (secondary N) is 1. The largest absolute Gasteiger partial charge is 0.383 e. The van der Waals surface area contributed by atoms with E-state index in [0.29, 0.717) is 0 Å². The van der Waals surface area contributed by atoms with Crippen molar-refractivity contribution in [2.45, 2.75) is 13.1 Å². The van der Waals surface area contributed by atoms with Gasteiger partial charge in [-0.05, 0) is 35.4 Å². The number of methoxy groups -OCH3 is 1. The second-order valence-corrected chi connectivity index (χ2v) is 5.55. The maximum Gasteiger partial charge on any atom is 0.0587 e. The van der Waals surface area contributed by atoms with Gasteiger partial charge in [0.25, 0.3) is 0 Å². The Morgan fingerprint density at radius 2 is 2.21 bits per heavy atom. The molecule has 0 unspecified atom stereocenters. The number of hydrogen-bond acceptors (Lipinski definition) is 3. The summed E-state index contributed by atoms with van der Waals surface area (Å²) in [5.41, 5.74) is 2.65. The lowest BCUT2D eigenvalue weighted by molar-refractivity contribution is 0.199. The van der Waals surface area contributed by atoms with Crippen LogP contribution in [-0.2, 0) is 17.8 Å². The Bertz CT molecular complexity index is 510. The average Bonchev–Trinajstić information content (AvgIpc) is 2.84. The highest BCUT2D eigenvalue weighted by molar-refractivity contribution is 7.98. The smallest absolute Gasteiger partial charge is 0.0587 e. The molecule has 1 heterocycles. The molecule has 0 atom stereocenters. The van der Waals surface area contributed by atoms with Crippen LogP contribution in [0.2, 0.25) is 0 Å². The van der Waals surface area contributed by atoms with Crippen LogP contribution in [0.1, 0.15) is 5.56 Å². The van der Waals surface area contributed by atoms with Gasteiger partial charge in [-0.1, -0.05) is 6.07 Å². The number of aromatic nitrogens is 1. The Labute approximate surface area is 119 Å². The standard InChI is InChI=1S/C15H22N2OS/c1-18-9-6-16-12-13-3-4-15-14(11-13)5-7-17(15)8-10-19-2/h3-5,7,11,16H,6,8-10,12H2,1-2H3. The van der Waals surface area contributed by atoms with Crippen molar-refractivity contribution >= 4 is 22.7 Å². The Balaban J connectivity index is 2.01. The van der Waals surface area contributed by atoms with Gasteiger partial charge in [-0.3, -0.25) is 0 Å². The monoisotopic (exact) mass is 278 g/mol. The molecular weight excluding hydrogens is 256 g/mol. The summed E-state index contributed by atoms with van der Waals surface area (Å²) in [4.78, 5) is 0. The molecule has 0 spiro atoms. The van der Waals surface area contributed by atoms with Crippen LogP contribution >= 0.6 is 11.8 Å². The van der Waals surface area contributed by atoms with Gasteiger partial charge in [-0.2, -0.15) is 11.8 Å². The van der Waals surface area contributed by atoms with E-state index in [4.69, 9.17) is 4.74 Å². The van der Waals surface area contributed by atoms with E-state index >= 15 is 0 Å². The molecule has 1 N–H and O–H groups in total. The molecule has 0 aliphatic rings. The van der Waals surface area contributed by atoms with Gasteiger partial charge in [0, 0.05) is 44.2 Å². The third-order valence-corrected chi connectivity index (χ3v) is 3.77. The zero-order chi connectivity index (χ0) is 13.5. The van der Waals surface area contributed by atoms with E-state index in [0.717, 1.165) is 32.0 Å². The first-order chi connectivity index (χ1) is 9.35. The highest BCUT2D eigenvalue weighted by Gasteiger charge is 2.02. The minimum absolute atomic E-state index is 0.757. The Morgan fingerprint density at radius 3 is 3.00 bits per heavy atom. The van der Waals surface area contributed by atoms with E-state index in [-0.39, 0.29) is 0 Å². The third kappa shape index (κ3) is 4.00. The van der Waals surface area contributed by atoms with Crippen molar-refractivity contribution in [3.8, 4) is 0 Å². The molecule has 1 aromatic carbocycles. The van der Waals surface area contributed by atoms with E-state index < -0.39 is 0 Å². The second-order valence-electron chi connectivity index (χ2n) is 4.56. The maximum atomic E-state index is 5.02. The molecule has 0 aliphatic carbocycles. The number of ether oxygens (including phenoxy) is 1. The molecule has 0 saturated carbocycles. The Hall–Kier alpha value is -0.970. The molecular formula is C15H22N2OS. The minimum Gasteiger partial charge on any atom is -0.383 e. The van der Waals surface area contributed by atoms with Gasteiger partial charge in [-0.25, -0.2) is 0 Å². The van der Waals surface area contributed by atoms with Crippen molar-refractivity contribution in [3.05, 3.63) is 36.0 Å². The van der Waals surface area contributed by atoms with E-state index in [9.17, 15) is 0 Å². The summed E-state index contributed by atoms with van der Waals surface area (Å²) >= 11 is 1.88. The van der Waals surface area contributed by atoms with Crippen molar-refractivity contribution in [1.82, 2.24) is 9.88 Å². The van der Waals surface area contributed by atoms with Crippen molar-refractivity contribution in [3.63, 3.8) is 0 Å². The fourth-order valence-electron chi connectivity index (χ4n) is 2.15. The number of rotatable bonds is 8. The summed E-state index contributed by atoms with van der Waals surface area (Å²) in [6.07, 6.45) is 4.33. The lowest BCUT2D eigenvalue weighted by atomic mass is 10.1. The van der Waals surface area contributed by atoms with Gasteiger partial charge in [0.1, 0.15) is 0 Å². The quantitative estimate of drug-likeness (QED) is 0.752. The van der Waals surface area contributed by atoms with Crippen LogP contribution in [0.15, 0.2) is 30.5 Å². The summed E-state index contributed by atoms with van der Waals surface area (Å²) in [5, 5.41) is 4.70. The van der Waals surface area contributed by atoms with E-state index in [1.807, 2.05) is 11.8 Å². The second kappa shape index (κ2) is 7.58. The zero-order valence-corrected chi connectivity index (χ0v) is 12.5. The number of aryl methyl sites for hydroxylation is 1. The van der Waals surface area contributed by atoms with Crippen LogP contribution in [0.3, 0.4) is 0 Å². The molecule has 0 fully saturated rings. The summed E-state index contributed by atoms with van der Waals surface area (Å²) in [6.45, 7) is 3.63. The summed E-state index contributed by atoms with van der Waals surface area (Å²) < 4.78 is 7.35. The van der Waals surface area contributed by atoms with Crippen LogP contribution < -0.4 is 5.32 Å². The summed E-state index contributed by atoms with van der Waals surface area (Å²) in [7, 11) is 1.73. The SMILES string of the molecule is COCCNCc1ccc2c(ccn2CCSC)c1. The molecule has 2 aromatic rings. The Morgan fingerprint density at radius 1 is 1.32 bits per heavy atom. The highest BCUT2D eigenvalue weighted by atomic mass is 32.2. The van der Waals surface area contributed by atoms with Gasteiger partial charge >= 0.3 is 0 Å². The van der Waals surface area contributed by atoms with Crippen molar-refractivity contribution < 1.29 is 4.74 Å².